The molecule has 0 saturated carbocycles. The summed E-state index contributed by atoms with van der Waals surface area (Å²) in [5.41, 5.74) is 3.72. The van der Waals surface area contributed by atoms with Gasteiger partial charge in [-0.1, -0.05) is 12.1 Å². The Balaban J connectivity index is 1.42. The van der Waals surface area contributed by atoms with Crippen molar-refractivity contribution in [3.8, 4) is 0 Å². The summed E-state index contributed by atoms with van der Waals surface area (Å²) in [4.78, 5) is 20.4. The number of pyridine rings is 1. The highest BCUT2D eigenvalue weighted by Crippen LogP contribution is 2.26. The number of aromatic nitrogens is 1. The van der Waals surface area contributed by atoms with E-state index in [0.29, 0.717) is 12.5 Å². The van der Waals surface area contributed by atoms with E-state index in [2.05, 4.69) is 53.3 Å². The Labute approximate surface area is 149 Å². The number of amides is 2. The average Bonchev–Trinajstić information content (AvgIpc) is 2.58. The third-order valence-corrected chi connectivity index (χ3v) is 4.75. The molecule has 1 aromatic carbocycles. The lowest BCUT2D eigenvalue weighted by Crippen LogP contribution is -2.53. The molecule has 1 fully saturated rings. The molecular weight excluding hydrogens is 312 g/mol. The zero-order chi connectivity index (χ0) is 17.6. The zero-order valence-corrected chi connectivity index (χ0v) is 15.0. The molecule has 1 aliphatic heterocycles. The maximum absolute atomic E-state index is 12.2. The van der Waals surface area contributed by atoms with E-state index < -0.39 is 0 Å². The van der Waals surface area contributed by atoms with Crippen LogP contribution in [0, 0.1) is 6.92 Å². The van der Waals surface area contributed by atoms with Crippen LogP contribution in [0.2, 0.25) is 0 Å². The van der Waals surface area contributed by atoms with Crippen LogP contribution in [0.1, 0.15) is 24.0 Å². The first-order valence-electron chi connectivity index (χ1n) is 8.91. The first-order valence-corrected chi connectivity index (χ1v) is 8.91. The van der Waals surface area contributed by atoms with Crippen molar-refractivity contribution in [3.63, 3.8) is 0 Å². The monoisotopic (exact) mass is 338 g/mol. The first-order chi connectivity index (χ1) is 12.2. The molecule has 5 nitrogen and oxygen atoms in total. The molecule has 25 heavy (non-hydrogen) atoms. The summed E-state index contributed by atoms with van der Waals surface area (Å²) >= 11 is 0. The zero-order valence-electron chi connectivity index (χ0n) is 15.0. The van der Waals surface area contributed by atoms with Crippen LogP contribution in [0.15, 0.2) is 48.8 Å². The van der Waals surface area contributed by atoms with Crippen molar-refractivity contribution >= 4 is 11.7 Å². The minimum atomic E-state index is 0.0330. The number of aryl methyl sites for hydroxylation is 1. The van der Waals surface area contributed by atoms with Crippen molar-refractivity contribution in [2.75, 3.05) is 37.6 Å². The van der Waals surface area contributed by atoms with Crippen LogP contribution in [0.3, 0.4) is 0 Å². The van der Waals surface area contributed by atoms with Gasteiger partial charge in [-0.15, -0.1) is 0 Å². The number of urea groups is 1. The molecule has 0 aliphatic carbocycles. The summed E-state index contributed by atoms with van der Waals surface area (Å²) in [7, 11) is 0. The molecule has 1 aliphatic rings. The van der Waals surface area contributed by atoms with E-state index in [0.717, 1.165) is 26.2 Å². The molecular formula is C20H26N4O. The molecule has 0 radical (unpaired) electrons. The predicted molar refractivity (Wildman–Crippen MR) is 101 cm³/mol. The van der Waals surface area contributed by atoms with Gasteiger partial charge in [0.2, 0.25) is 0 Å². The van der Waals surface area contributed by atoms with Crippen molar-refractivity contribution in [3.05, 3.63) is 59.9 Å². The summed E-state index contributed by atoms with van der Waals surface area (Å²) in [6.45, 7) is 8.19. The van der Waals surface area contributed by atoms with Crippen LogP contribution in [0.25, 0.3) is 0 Å². The topological polar surface area (TPSA) is 48.5 Å². The van der Waals surface area contributed by atoms with Crippen molar-refractivity contribution in [2.45, 2.75) is 19.8 Å². The smallest absolute Gasteiger partial charge is 0.317 e. The lowest BCUT2D eigenvalue weighted by molar-refractivity contribution is 0.151. The minimum absolute atomic E-state index is 0.0330. The Hall–Kier alpha value is -2.56. The van der Waals surface area contributed by atoms with Gasteiger partial charge in [0, 0.05) is 56.7 Å². The Morgan fingerprint density at radius 2 is 2.04 bits per heavy atom. The number of rotatable bonds is 6. The van der Waals surface area contributed by atoms with Crippen LogP contribution in [-0.4, -0.2) is 48.6 Å². The number of hydrogen-bond acceptors (Lipinski definition) is 3. The number of hydrogen-bond donors (Lipinski definition) is 1. The van der Waals surface area contributed by atoms with Crippen molar-refractivity contribution in [2.24, 2.45) is 0 Å². The van der Waals surface area contributed by atoms with Gasteiger partial charge in [0.1, 0.15) is 0 Å². The van der Waals surface area contributed by atoms with Gasteiger partial charge in [0.15, 0.2) is 0 Å². The molecule has 2 amide bonds. The highest BCUT2D eigenvalue weighted by molar-refractivity contribution is 5.75. The van der Waals surface area contributed by atoms with E-state index in [1.807, 2.05) is 29.4 Å². The second kappa shape index (κ2) is 8.01. The molecule has 1 saturated heterocycles. The van der Waals surface area contributed by atoms with E-state index in [-0.39, 0.29) is 6.03 Å². The SMILES string of the molecule is CCN(CCNC(=O)N1CC(c2ccncc2)C1)c1cccc(C)c1. The minimum Gasteiger partial charge on any atom is -0.370 e. The Morgan fingerprint density at radius 3 is 2.72 bits per heavy atom. The van der Waals surface area contributed by atoms with Gasteiger partial charge in [0.05, 0.1) is 0 Å². The lowest BCUT2D eigenvalue weighted by Gasteiger charge is -2.39. The molecule has 3 rings (SSSR count). The average molecular weight is 338 g/mol. The Bertz CT molecular complexity index is 698. The number of carbonyl (C=O) groups is 1. The number of carbonyl (C=O) groups excluding carboxylic acids is 1. The van der Waals surface area contributed by atoms with Gasteiger partial charge < -0.3 is 15.1 Å². The normalized spacial score (nSPS) is 14.1. The molecule has 2 heterocycles. The maximum atomic E-state index is 12.2. The number of benzene rings is 1. The predicted octanol–water partition coefficient (Wildman–Crippen LogP) is 3.03. The van der Waals surface area contributed by atoms with E-state index in [1.165, 1.54) is 16.8 Å². The largest absolute Gasteiger partial charge is 0.370 e. The number of nitrogens with zero attached hydrogens (tertiary/aromatic N) is 3. The molecule has 2 aromatic rings. The fourth-order valence-electron chi connectivity index (χ4n) is 3.19. The molecule has 5 heteroatoms. The van der Waals surface area contributed by atoms with Gasteiger partial charge in [-0.2, -0.15) is 0 Å². The molecule has 0 unspecified atom stereocenters. The number of likely N-dealkylation sites (tertiary alicyclic amines) is 1. The Morgan fingerprint density at radius 1 is 1.28 bits per heavy atom. The van der Waals surface area contributed by atoms with Crippen LogP contribution in [0.5, 0.6) is 0 Å². The van der Waals surface area contributed by atoms with E-state index in [9.17, 15) is 4.79 Å². The van der Waals surface area contributed by atoms with Crippen molar-refractivity contribution < 1.29 is 4.79 Å². The van der Waals surface area contributed by atoms with Crippen LogP contribution in [0.4, 0.5) is 10.5 Å². The molecule has 0 atom stereocenters. The van der Waals surface area contributed by atoms with Gasteiger partial charge >= 0.3 is 6.03 Å². The third kappa shape index (κ3) is 4.29. The van der Waals surface area contributed by atoms with Gasteiger partial charge in [-0.3, -0.25) is 4.98 Å². The van der Waals surface area contributed by atoms with Crippen LogP contribution < -0.4 is 10.2 Å². The van der Waals surface area contributed by atoms with Crippen molar-refractivity contribution in [1.82, 2.24) is 15.2 Å². The highest BCUT2D eigenvalue weighted by atomic mass is 16.2. The maximum Gasteiger partial charge on any atom is 0.317 e. The summed E-state index contributed by atoms with van der Waals surface area (Å²) < 4.78 is 0. The van der Waals surface area contributed by atoms with E-state index in [1.54, 1.807) is 0 Å². The molecule has 1 aromatic heterocycles. The second-order valence-electron chi connectivity index (χ2n) is 6.53. The fourth-order valence-corrected chi connectivity index (χ4v) is 3.19. The number of anilines is 1. The number of likely N-dealkylation sites (N-methyl/N-ethyl adjacent to an activating group) is 1. The van der Waals surface area contributed by atoms with E-state index >= 15 is 0 Å². The Kier molecular flexibility index (Phi) is 5.53. The molecule has 132 valence electrons. The molecule has 1 N–H and O–H groups in total. The third-order valence-electron chi connectivity index (χ3n) is 4.75. The number of nitrogens with one attached hydrogen (secondary N) is 1. The highest BCUT2D eigenvalue weighted by Gasteiger charge is 2.31. The summed E-state index contributed by atoms with van der Waals surface area (Å²) in [6, 6.07) is 12.6. The quantitative estimate of drug-likeness (QED) is 0.881. The fraction of sp³-hybridized carbons (Fsp3) is 0.400. The second-order valence-corrected chi connectivity index (χ2v) is 6.53. The van der Waals surface area contributed by atoms with Crippen molar-refractivity contribution in [1.29, 1.82) is 0 Å². The van der Waals surface area contributed by atoms with Crippen LogP contribution in [-0.2, 0) is 0 Å². The first kappa shape index (κ1) is 17.3. The summed E-state index contributed by atoms with van der Waals surface area (Å²) in [6.07, 6.45) is 3.62. The van der Waals surface area contributed by atoms with E-state index in [4.69, 9.17) is 0 Å². The summed E-state index contributed by atoms with van der Waals surface area (Å²) in [5, 5.41) is 3.04. The lowest BCUT2D eigenvalue weighted by atomic mass is 9.93. The molecule has 0 bridgehead atoms. The van der Waals surface area contributed by atoms with Gasteiger partial charge in [0.25, 0.3) is 0 Å². The van der Waals surface area contributed by atoms with Gasteiger partial charge in [-0.05, 0) is 49.2 Å². The summed E-state index contributed by atoms with van der Waals surface area (Å²) in [5.74, 6) is 0.438. The van der Waals surface area contributed by atoms with Crippen LogP contribution >= 0.6 is 0 Å². The standard InChI is InChI=1S/C20H26N4O/c1-3-23(19-6-4-5-16(2)13-19)12-11-22-20(25)24-14-18(15-24)17-7-9-21-10-8-17/h4-10,13,18H,3,11-12,14-15H2,1-2H3,(H,22,25). The van der Waals surface area contributed by atoms with Gasteiger partial charge in [-0.25, -0.2) is 4.79 Å². The molecule has 0 spiro atoms.